The predicted molar refractivity (Wildman–Crippen MR) is 105 cm³/mol. The summed E-state index contributed by atoms with van der Waals surface area (Å²) in [6.07, 6.45) is 0. The van der Waals surface area contributed by atoms with E-state index >= 15 is 0 Å². The molecule has 0 bridgehead atoms. The maximum absolute atomic E-state index is 12.0. The zero-order chi connectivity index (χ0) is 18.8. The van der Waals surface area contributed by atoms with E-state index in [-0.39, 0.29) is 12.0 Å². The maximum atomic E-state index is 12.0. The molecule has 8 heteroatoms. The van der Waals surface area contributed by atoms with Crippen LogP contribution in [0.3, 0.4) is 0 Å². The summed E-state index contributed by atoms with van der Waals surface area (Å²) in [5.41, 5.74) is 0.881. The summed E-state index contributed by atoms with van der Waals surface area (Å²) in [4.78, 5) is 27.4. The zero-order valence-corrected chi connectivity index (χ0v) is 16.9. The van der Waals surface area contributed by atoms with E-state index in [9.17, 15) is 4.79 Å². The highest BCUT2D eigenvalue weighted by Gasteiger charge is 2.22. The highest BCUT2D eigenvalue weighted by molar-refractivity contribution is 7.20. The Morgan fingerprint density at radius 2 is 1.96 bits per heavy atom. The van der Waals surface area contributed by atoms with Gasteiger partial charge in [0.15, 0.2) is 0 Å². The van der Waals surface area contributed by atoms with Crippen LogP contribution in [0.15, 0.2) is 0 Å². The van der Waals surface area contributed by atoms with Crippen molar-refractivity contribution in [3.05, 3.63) is 16.3 Å². The van der Waals surface area contributed by atoms with Crippen LogP contribution in [-0.4, -0.2) is 78.7 Å². The number of nitrogens with one attached hydrogen (secondary N) is 1. The molecule has 0 radical (unpaired) electrons. The Kier molecular flexibility index (Phi) is 5.74. The molecule has 2 aromatic heterocycles. The van der Waals surface area contributed by atoms with Gasteiger partial charge < -0.3 is 15.0 Å². The number of ether oxygens (including phenoxy) is 1. The van der Waals surface area contributed by atoms with Crippen molar-refractivity contribution >= 4 is 33.3 Å². The van der Waals surface area contributed by atoms with Gasteiger partial charge in [-0.05, 0) is 33.4 Å². The van der Waals surface area contributed by atoms with Gasteiger partial charge in [0.1, 0.15) is 21.3 Å². The quantitative estimate of drug-likeness (QED) is 0.801. The highest BCUT2D eigenvalue weighted by Crippen LogP contribution is 2.34. The molecule has 1 aliphatic rings. The molecule has 142 valence electrons. The van der Waals surface area contributed by atoms with Crippen LogP contribution in [0.2, 0.25) is 0 Å². The number of thiophene rings is 1. The lowest BCUT2D eigenvalue weighted by Gasteiger charge is -2.34. The van der Waals surface area contributed by atoms with E-state index in [1.54, 1.807) is 0 Å². The van der Waals surface area contributed by atoms with Gasteiger partial charge in [-0.15, -0.1) is 11.3 Å². The second kappa shape index (κ2) is 7.85. The Balaban J connectivity index is 1.82. The number of hydrogen-bond acceptors (Lipinski definition) is 8. The van der Waals surface area contributed by atoms with Gasteiger partial charge in [-0.3, -0.25) is 4.90 Å². The number of methoxy groups -OCH3 is 1. The number of carbonyl (C=O) groups excluding carboxylic acids is 1. The number of fused-ring (bicyclic) bond motifs is 1. The SMILES string of the molecule is COC(=O)c1sc2nc(C)nc(NC(C)CN3CCN(C)CC3)c2c1C. The number of anilines is 1. The Labute approximate surface area is 158 Å². The zero-order valence-electron chi connectivity index (χ0n) is 16.1. The van der Waals surface area contributed by atoms with Crippen LogP contribution < -0.4 is 5.32 Å². The predicted octanol–water partition coefficient (Wildman–Crippen LogP) is 2.14. The van der Waals surface area contributed by atoms with E-state index in [0.29, 0.717) is 10.7 Å². The van der Waals surface area contributed by atoms with Crippen molar-refractivity contribution in [3.8, 4) is 0 Å². The molecule has 1 fully saturated rings. The second-order valence-corrected chi connectivity index (χ2v) is 8.00. The molecule has 0 aromatic carbocycles. The number of carbonyl (C=O) groups is 1. The molecule has 1 aliphatic heterocycles. The van der Waals surface area contributed by atoms with E-state index < -0.39 is 0 Å². The summed E-state index contributed by atoms with van der Waals surface area (Å²) < 4.78 is 4.90. The van der Waals surface area contributed by atoms with Crippen LogP contribution in [-0.2, 0) is 4.74 Å². The summed E-state index contributed by atoms with van der Waals surface area (Å²) in [6, 6.07) is 0.247. The fourth-order valence-corrected chi connectivity index (χ4v) is 4.48. The number of piperazine rings is 1. The normalized spacial score (nSPS) is 17.4. The lowest BCUT2D eigenvalue weighted by molar-refractivity contribution is 0.0605. The number of nitrogens with zero attached hydrogens (tertiary/aromatic N) is 4. The molecule has 0 spiro atoms. The average molecular weight is 378 g/mol. The number of rotatable bonds is 5. The van der Waals surface area contributed by atoms with Gasteiger partial charge in [0.05, 0.1) is 12.5 Å². The van der Waals surface area contributed by atoms with Crippen molar-refractivity contribution in [2.45, 2.75) is 26.8 Å². The summed E-state index contributed by atoms with van der Waals surface area (Å²) in [5.74, 6) is 1.18. The molecule has 1 N–H and O–H groups in total. The Bertz CT molecular complexity index is 798. The topological polar surface area (TPSA) is 70.6 Å². The molecule has 7 nitrogen and oxygen atoms in total. The van der Waals surface area contributed by atoms with Crippen molar-refractivity contribution in [3.63, 3.8) is 0 Å². The van der Waals surface area contributed by atoms with Crippen molar-refractivity contribution in [1.29, 1.82) is 0 Å². The minimum atomic E-state index is -0.320. The van der Waals surface area contributed by atoms with Gasteiger partial charge in [-0.25, -0.2) is 14.8 Å². The Morgan fingerprint density at radius 3 is 2.62 bits per heavy atom. The van der Waals surface area contributed by atoms with Crippen LogP contribution in [0.5, 0.6) is 0 Å². The molecular formula is C18H27N5O2S. The molecule has 1 atom stereocenters. The van der Waals surface area contributed by atoms with E-state index in [1.807, 2.05) is 13.8 Å². The van der Waals surface area contributed by atoms with Crippen molar-refractivity contribution in [1.82, 2.24) is 19.8 Å². The van der Waals surface area contributed by atoms with Crippen LogP contribution in [0, 0.1) is 13.8 Å². The van der Waals surface area contributed by atoms with Gasteiger partial charge in [0, 0.05) is 38.8 Å². The fraction of sp³-hybridized carbons (Fsp3) is 0.611. The monoisotopic (exact) mass is 377 g/mol. The molecule has 3 rings (SSSR count). The summed E-state index contributed by atoms with van der Waals surface area (Å²) in [6.45, 7) is 11.3. The summed E-state index contributed by atoms with van der Waals surface area (Å²) in [7, 11) is 3.57. The van der Waals surface area contributed by atoms with Crippen molar-refractivity contribution < 1.29 is 9.53 Å². The lowest BCUT2D eigenvalue weighted by atomic mass is 10.2. The van der Waals surface area contributed by atoms with Crippen LogP contribution >= 0.6 is 11.3 Å². The minimum absolute atomic E-state index is 0.247. The van der Waals surface area contributed by atoms with E-state index in [2.05, 4.69) is 39.1 Å². The maximum Gasteiger partial charge on any atom is 0.348 e. The first-order valence-corrected chi connectivity index (χ1v) is 9.74. The third-order valence-electron chi connectivity index (χ3n) is 4.78. The van der Waals surface area contributed by atoms with E-state index in [1.165, 1.54) is 18.4 Å². The molecule has 2 aromatic rings. The largest absolute Gasteiger partial charge is 0.465 e. The number of aromatic nitrogens is 2. The first kappa shape index (κ1) is 19.0. The molecule has 1 unspecified atom stereocenters. The first-order chi connectivity index (χ1) is 12.4. The summed E-state index contributed by atoms with van der Waals surface area (Å²) in [5, 5.41) is 4.47. The van der Waals surface area contributed by atoms with Gasteiger partial charge >= 0.3 is 5.97 Å². The van der Waals surface area contributed by atoms with Gasteiger partial charge in [-0.1, -0.05) is 0 Å². The Morgan fingerprint density at radius 1 is 1.27 bits per heavy atom. The van der Waals surface area contributed by atoms with Crippen LogP contribution in [0.4, 0.5) is 5.82 Å². The summed E-state index contributed by atoms with van der Waals surface area (Å²) >= 11 is 1.37. The molecule has 0 aliphatic carbocycles. The number of hydrogen-bond donors (Lipinski definition) is 1. The number of aryl methyl sites for hydroxylation is 2. The molecule has 1 saturated heterocycles. The smallest absolute Gasteiger partial charge is 0.348 e. The van der Waals surface area contributed by atoms with Gasteiger partial charge in [-0.2, -0.15) is 0 Å². The minimum Gasteiger partial charge on any atom is -0.465 e. The third kappa shape index (κ3) is 3.97. The van der Waals surface area contributed by atoms with E-state index in [0.717, 1.165) is 54.3 Å². The van der Waals surface area contributed by atoms with Crippen molar-refractivity contribution in [2.75, 3.05) is 52.2 Å². The first-order valence-electron chi connectivity index (χ1n) is 8.92. The fourth-order valence-electron chi connectivity index (χ4n) is 3.33. The number of likely N-dealkylation sites (N-methyl/N-ethyl adjacent to an activating group) is 1. The molecule has 26 heavy (non-hydrogen) atoms. The number of esters is 1. The highest BCUT2D eigenvalue weighted by atomic mass is 32.1. The van der Waals surface area contributed by atoms with E-state index in [4.69, 9.17) is 4.74 Å². The Hall–Kier alpha value is -1.77. The van der Waals surface area contributed by atoms with Crippen LogP contribution in [0.1, 0.15) is 28.0 Å². The van der Waals surface area contributed by atoms with Gasteiger partial charge in [0.25, 0.3) is 0 Å². The average Bonchev–Trinajstić information content (AvgIpc) is 2.92. The standard InChI is InChI=1S/C18H27N5O2S/c1-11(10-23-8-6-22(4)7-9-23)19-16-14-12(2)15(18(24)25-5)26-17(14)21-13(3)20-16/h11H,6-10H2,1-5H3,(H,19,20,21). The third-order valence-corrected chi connectivity index (χ3v) is 5.95. The lowest BCUT2D eigenvalue weighted by Crippen LogP contribution is -2.47. The second-order valence-electron chi connectivity index (χ2n) is 7.00. The van der Waals surface area contributed by atoms with Crippen molar-refractivity contribution in [2.24, 2.45) is 0 Å². The molecule has 3 heterocycles. The molecule has 0 saturated carbocycles. The molecule has 0 amide bonds. The molecular weight excluding hydrogens is 350 g/mol. The van der Waals surface area contributed by atoms with Gasteiger partial charge in [0.2, 0.25) is 0 Å². The van der Waals surface area contributed by atoms with Crippen LogP contribution in [0.25, 0.3) is 10.2 Å².